The van der Waals surface area contributed by atoms with E-state index in [2.05, 4.69) is 4.99 Å². The van der Waals surface area contributed by atoms with Gasteiger partial charge in [-0.25, -0.2) is 4.39 Å². The van der Waals surface area contributed by atoms with E-state index in [0.717, 1.165) is 0 Å². The molecule has 46 valence electrons. The first kappa shape index (κ1) is 7.34. The predicted octanol–water partition coefficient (Wildman–Crippen LogP) is 2.30. The molecule has 0 unspecified atom stereocenters. The van der Waals surface area contributed by atoms with E-state index in [9.17, 15) is 4.39 Å². The molecule has 1 nitrogen and oxygen atoms in total. The fourth-order valence-corrected chi connectivity index (χ4v) is 0.283. The Morgan fingerprint density at radius 1 is 1.50 bits per heavy atom. The molecule has 0 aliphatic heterocycles. The Labute approximate surface area is 48.9 Å². The van der Waals surface area contributed by atoms with Crippen molar-refractivity contribution in [3.05, 3.63) is 11.5 Å². The van der Waals surface area contributed by atoms with Gasteiger partial charge >= 0.3 is 0 Å². The summed E-state index contributed by atoms with van der Waals surface area (Å²) in [6.07, 6.45) is 1.57. The topological polar surface area (TPSA) is 12.4 Å². The van der Waals surface area contributed by atoms with Gasteiger partial charge in [0.1, 0.15) is 5.83 Å². The molecule has 0 spiro atoms. The third-order valence-corrected chi connectivity index (χ3v) is 0.821. The number of hydrogen-bond donors (Lipinski definition) is 0. The lowest BCUT2D eigenvalue weighted by molar-refractivity contribution is 0.626. The molecule has 0 aromatic heterocycles. The first-order chi connectivity index (χ1) is 3.68. The van der Waals surface area contributed by atoms with Gasteiger partial charge in [0.2, 0.25) is 0 Å². The summed E-state index contributed by atoms with van der Waals surface area (Å²) >= 11 is 0. The summed E-state index contributed by atoms with van der Waals surface area (Å²) in [5.74, 6) is -0.219. The molecule has 0 amide bonds. The van der Waals surface area contributed by atoms with Crippen molar-refractivity contribution < 1.29 is 4.39 Å². The minimum absolute atomic E-state index is 0.219. The normalized spacial score (nSPS) is 14.5. The maximum Gasteiger partial charge on any atom is 0.118 e. The van der Waals surface area contributed by atoms with Crippen LogP contribution in [0.2, 0.25) is 0 Å². The van der Waals surface area contributed by atoms with Crippen LogP contribution < -0.4 is 0 Å². The SMILES string of the molecule is CC=N/C(C)=C(\C)F. The lowest BCUT2D eigenvalue weighted by Gasteiger charge is -1.87. The third-order valence-electron chi connectivity index (χ3n) is 0.821. The first-order valence-corrected chi connectivity index (χ1v) is 2.50. The van der Waals surface area contributed by atoms with Gasteiger partial charge < -0.3 is 0 Å². The molecule has 0 N–H and O–H groups in total. The van der Waals surface area contributed by atoms with Crippen LogP contribution in [0, 0.1) is 0 Å². The molecule has 2 heteroatoms. The van der Waals surface area contributed by atoms with E-state index in [1.165, 1.54) is 6.92 Å². The van der Waals surface area contributed by atoms with Crippen LogP contribution in [0.5, 0.6) is 0 Å². The van der Waals surface area contributed by atoms with Crippen LogP contribution in [0.25, 0.3) is 0 Å². The van der Waals surface area contributed by atoms with Crippen LogP contribution in [0.3, 0.4) is 0 Å². The van der Waals surface area contributed by atoms with Gasteiger partial charge in [0.05, 0.1) is 5.70 Å². The summed E-state index contributed by atoms with van der Waals surface area (Å²) in [5.41, 5.74) is 0.451. The van der Waals surface area contributed by atoms with Crippen molar-refractivity contribution in [3.8, 4) is 0 Å². The maximum absolute atomic E-state index is 12.0. The summed E-state index contributed by atoms with van der Waals surface area (Å²) in [7, 11) is 0. The minimum Gasteiger partial charge on any atom is -0.264 e. The van der Waals surface area contributed by atoms with E-state index >= 15 is 0 Å². The van der Waals surface area contributed by atoms with E-state index < -0.39 is 0 Å². The van der Waals surface area contributed by atoms with Gasteiger partial charge in [-0.3, -0.25) is 4.99 Å². The van der Waals surface area contributed by atoms with Crippen molar-refractivity contribution in [1.29, 1.82) is 0 Å². The smallest absolute Gasteiger partial charge is 0.118 e. The van der Waals surface area contributed by atoms with E-state index in [-0.39, 0.29) is 5.83 Å². The first-order valence-electron chi connectivity index (χ1n) is 2.50. The van der Waals surface area contributed by atoms with Gasteiger partial charge in [0.25, 0.3) is 0 Å². The molecule has 0 bridgehead atoms. The zero-order chi connectivity index (χ0) is 6.57. The summed E-state index contributed by atoms with van der Waals surface area (Å²) < 4.78 is 12.0. The van der Waals surface area contributed by atoms with Crippen molar-refractivity contribution in [3.63, 3.8) is 0 Å². The molecule has 0 aliphatic carbocycles. The monoisotopic (exact) mass is 115 g/mol. The third kappa shape index (κ3) is 2.50. The second-order valence-corrected chi connectivity index (χ2v) is 1.51. The summed E-state index contributed by atoms with van der Waals surface area (Å²) in [6, 6.07) is 0. The highest BCUT2D eigenvalue weighted by Gasteiger charge is 1.86. The quantitative estimate of drug-likeness (QED) is 0.465. The summed E-state index contributed by atoms with van der Waals surface area (Å²) in [6.45, 7) is 4.78. The van der Waals surface area contributed by atoms with Crippen LogP contribution in [0.4, 0.5) is 4.39 Å². The highest BCUT2D eigenvalue weighted by Crippen LogP contribution is 2.03. The predicted molar refractivity (Wildman–Crippen MR) is 33.6 cm³/mol. The van der Waals surface area contributed by atoms with E-state index in [4.69, 9.17) is 0 Å². The molecule has 0 rings (SSSR count). The molecule has 0 fully saturated rings. The lowest BCUT2D eigenvalue weighted by atomic mass is 10.4. The van der Waals surface area contributed by atoms with Crippen molar-refractivity contribution in [2.75, 3.05) is 0 Å². The number of nitrogens with zero attached hydrogens (tertiary/aromatic N) is 1. The van der Waals surface area contributed by atoms with Gasteiger partial charge in [-0.05, 0) is 20.8 Å². The van der Waals surface area contributed by atoms with E-state index in [1.54, 1.807) is 20.1 Å². The molecule has 0 saturated carbocycles. The minimum atomic E-state index is -0.219. The molecule has 0 radical (unpaired) electrons. The number of hydrogen-bond acceptors (Lipinski definition) is 1. The fraction of sp³-hybridized carbons (Fsp3) is 0.500. The van der Waals surface area contributed by atoms with Crippen molar-refractivity contribution in [2.45, 2.75) is 20.8 Å². The van der Waals surface area contributed by atoms with Gasteiger partial charge in [-0.1, -0.05) is 0 Å². The standard InChI is InChI=1S/C6H10FN/c1-4-8-6(3)5(2)7/h4H,1-3H3/b6-5+,8-4?. The lowest BCUT2D eigenvalue weighted by Crippen LogP contribution is -1.71. The van der Waals surface area contributed by atoms with Gasteiger partial charge in [0.15, 0.2) is 0 Å². The van der Waals surface area contributed by atoms with E-state index in [1.807, 2.05) is 0 Å². The molecule has 8 heavy (non-hydrogen) atoms. The average molecular weight is 115 g/mol. The van der Waals surface area contributed by atoms with Crippen molar-refractivity contribution in [1.82, 2.24) is 0 Å². The molecule has 0 saturated heterocycles. The molecule has 0 aromatic carbocycles. The Morgan fingerprint density at radius 3 is 2.12 bits per heavy atom. The highest BCUT2D eigenvalue weighted by atomic mass is 19.1. The second kappa shape index (κ2) is 3.36. The zero-order valence-corrected chi connectivity index (χ0v) is 5.40. The van der Waals surface area contributed by atoms with Crippen LogP contribution in [0.1, 0.15) is 20.8 Å². The Hall–Kier alpha value is -0.660. The van der Waals surface area contributed by atoms with E-state index in [0.29, 0.717) is 5.70 Å². The zero-order valence-electron chi connectivity index (χ0n) is 5.40. The Kier molecular flexibility index (Phi) is 3.08. The Bertz CT molecular complexity index is 120. The number of aliphatic imine (C=N–C) groups is 1. The molecular weight excluding hydrogens is 105 g/mol. The van der Waals surface area contributed by atoms with Crippen LogP contribution >= 0.6 is 0 Å². The largest absolute Gasteiger partial charge is 0.264 e. The molecular formula is C6H10FN. The van der Waals surface area contributed by atoms with Gasteiger partial charge in [-0.15, -0.1) is 0 Å². The molecule has 0 heterocycles. The number of allylic oxidation sites excluding steroid dienone is 2. The molecule has 0 aliphatic rings. The van der Waals surface area contributed by atoms with Gasteiger partial charge in [-0.2, -0.15) is 0 Å². The van der Waals surface area contributed by atoms with Crippen molar-refractivity contribution >= 4 is 6.21 Å². The van der Waals surface area contributed by atoms with Crippen LogP contribution in [-0.2, 0) is 0 Å². The maximum atomic E-state index is 12.0. The Morgan fingerprint density at radius 2 is 2.00 bits per heavy atom. The average Bonchev–Trinajstić information content (AvgIpc) is 1.67. The van der Waals surface area contributed by atoms with Crippen molar-refractivity contribution in [2.24, 2.45) is 4.99 Å². The number of halogens is 1. The number of rotatable bonds is 1. The fourth-order valence-electron chi connectivity index (χ4n) is 0.283. The highest BCUT2D eigenvalue weighted by molar-refractivity contribution is 5.55. The molecule has 0 atom stereocenters. The van der Waals surface area contributed by atoms with Crippen LogP contribution in [-0.4, -0.2) is 6.21 Å². The summed E-state index contributed by atoms with van der Waals surface area (Å²) in [4.78, 5) is 3.70. The van der Waals surface area contributed by atoms with Crippen LogP contribution in [0.15, 0.2) is 16.5 Å². The summed E-state index contributed by atoms with van der Waals surface area (Å²) in [5, 5.41) is 0. The van der Waals surface area contributed by atoms with Gasteiger partial charge in [0, 0.05) is 6.21 Å². The molecule has 0 aromatic rings. The Balaban J connectivity index is 4.00. The second-order valence-electron chi connectivity index (χ2n) is 1.51.